The fourth-order valence-corrected chi connectivity index (χ4v) is 2.98. The quantitative estimate of drug-likeness (QED) is 0.708. The molecule has 1 aromatic heterocycles. The van der Waals surface area contributed by atoms with Gasteiger partial charge in [-0.15, -0.1) is 0 Å². The van der Waals surface area contributed by atoms with E-state index in [9.17, 15) is 23.2 Å². The highest BCUT2D eigenvalue weighted by Gasteiger charge is 2.36. The summed E-state index contributed by atoms with van der Waals surface area (Å²) in [6.45, 7) is -3.32. The number of carbonyl (C=O) groups is 3. The normalized spacial score (nSPS) is 16.0. The number of rotatable bonds is 7. The topological polar surface area (TPSA) is 98.1 Å². The van der Waals surface area contributed by atoms with Gasteiger partial charge in [0.15, 0.2) is 12.4 Å². The van der Waals surface area contributed by atoms with E-state index in [0.29, 0.717) is 19.4 Å². The highest BCUT2D eigenvalue weighted by Crippen LogP contribution is 2.25. The number of hydrogen-bond acceptors (Lipinski definition) is 6. The van der Waals surface area contributed by atoms with Gasteiger partial charge in [0.1, 0.15) is 11.8 Å². The molecule has 1 unspecified atom stereocenters. The van der Waals surface area contributed by atoms with Crippen LogP contribution in [0.25, 0.3) is 0 Å². The summed E-state index contributed by atoms with van der Waals surface area (Å²) in [5, 5.41) is 2.35. The van der Waals surface area contributed by atoms with Crippen LogP contribution in [0.15, 0.2) is 47.1 Å². The first-order valence-corrected chi connectivity index (χ1v) is 8.80. The van der Waals surface area contributed by atoms with E-state index >= 15 is 0 Å². The Morgan fingerprint density at radius 2 is 2.00 bits per heavy atom. The van der Waals surface area contributed by atoms with E-state index in [1.807, 2.05) is 0 Å². The second-order valence-corrected chi connectivity index (χ2v) is 6.16. The van der Waals surface area contributed by atoms with Crippen molar-refractivity contribution in [2.75, 3.05) is 18.5 Å². The Morgan fingerprint density at radius 1 is 1.21 bits per heavy atom. The maximum absolute atomic E-state index is 12.4. The molecule has 0 bridgehead atoms. The van der Waals surface area contributed by atoms with Crippen molar-refractivity contribution < 1.29 is 37.1 Å². The van der Waals surface area contributed by atoms with E-state index in [-0.39, 0.29) is 17.2 Å². The van der Waals surface area contributed by atoms with Crippen LogP contribution in [-0.2, 0) is 14.3 Å². The van der Waals surface area contributed by atoms with E-state index < -0.39 is 37.0 Å². The Labute approximate surface area is 164 Å². The number of hydrogen-bond donors (Lipinski definition) is 1. The minimum atomic E-state index is -3.05. The van der Waals surface area contributed by atoms with Crippen molar-refractivity contribution in [2.45, 2.75) is 25.5 Å². The largest absolute Gasteiger partial charge is 0.459 e. The zero-order chi connectivity index (χ0) is 20.8. The van der Waals surface area contributed by atoms with Gasteiger partial charge in [0.05, 0.1) is 12.0 Å². The Hall–Kier alpha value is -3.43. The molecule has 0 spiro atoms. The summed E-state index contributed by atoms with van der Waals surface area (Å²) in [6.07, 6.45) is 2.37. The predicted octanol–water partition coefficient (Wildman–Crippen LogP) is 2.67. The summed E-state index contributed by atoms with van der Waals surface area (Å²) >= 11 is 0. The minimum Gasteiger partial charge on any atom is -0.459 e. The molecule has 154 valence electrons. The number of carbonyl (C=O) groups excluding carboxylic acids is 3. The van der Waals surface area contributed by atoms with Crippen molar-refractivity contribution in [2.24, 2.45) is 0 Å². The molecule has 29 heavy (non-hydrogen) atoms. The number of ether oxygens (including phenoxy) is 2. The molecule has 2 heterocycles. The molecule has 1 fully saturated rings. The van der Waals surface area contributed by atoms with Crippen molar-refractivity contribution in [3.8, 4) is 5.75 Å². The molecular formula is C19H18F2N2O6. The molecule has 0 radical (unpaired) electrons. The summed E-state index contributed by atoms with van der Waals surface area (Å²) in [7, 11) is 0. The van der Waals surface area contributed by atoms with Crippen molar-refractivity contribution in [3.63, 3.8) is 0 Å². The highest BCUT2D eigenvalue weighted by atomic mass is 19.3. The number of para-hydroxylation sites is 2. The fourth-order valence-electron chi connectivity index (χ4n) is 2.98. The predicted molar refractivity (Wildman–Crippen MR) is 95.4 cm³/mol. The molecule has 8 nitrogen and oxygen atoms in total. The number of amides is 2. The number of esters is 1. The maximum Gasteiger partial charge on any atom is 0.387 e. The molecule has 2 aromatic rings. The molecule has 1 saturated heterocycles. The van der Waals surface area contributed by atoms with Gasteiger partial charge in [-0.1, -0.05) is 12.1 Å². The number of furan rings is 1. The van der Waals surface area contributed by atoms with Gasteiger partial charge in [0, 0.05) is 6.54 Å². The van der Waals surface area contributed by atoms with Crippen LogP contribution in [-0.4, -0.2) is 48.5 Å². The number of nitrogens with zero attached hydrogens (tertiary/aromatic N) is 1. The van der Waals surface area contributed by atoms with Gasteiger partial charge in [0.25, 0.3) is 11.8 Å². The monoisotopic (exact) mass is 408 g/mol. The second kappa shape index (κ2) is 9.18. The number of benzene rings is 1. The molecular weight excluding hydrogens is 390 g/mol. The van der Waals surface area contributed by atoms with Gasteiger partial charge < -0.3 is 24.1 Å². The van der Waals surface area contributed by atoms with Gasteiger partial charge in [-0.2, -0.15) is 8.78 Å². The average molecular weight is 408 g/mol. The Kier molecular flexibility index (Phi) is 6.43. The number of halogens is 2. The Balaban J connectivity index is 1.55. The number of anilines is 1. The van der Waals surface area contributed by atoms with E-state index in [1.54, 1.807) is 6.07 Å². The summed E-state index contributed by atoms with van der Waals surface area (Å²) < 4.78 is 39.3. The molecule has 1 atom stereocenters. The lowest BCUT2D eigenvalue weighted by Crippen LogP contribution is -2.42. The molecule has 1 aliphatic heterocycles. The first-order valence-electron chi connectivity index (χ1n) is 8.80. The van der Waals surface area contributed by atoms with Gasteiger partial charge in [0.2, 0.25) is 0 Å². The smallest absolute Gasteiger partial charge is 0.387 e. The lowest BCUT2D eigenvalue weighted by atomic mass is 10.2. The van der Waals surface area contributed by atoms with E-state index in [4.69, 9.17) is 9.15 Å². The molecule has 2 amide bonds. The molecule has 0 saturated carbocycles. The van der Waals surface area contributed by atoms with Crippen molar-refractivity contribution >= 4 is 23.5 Å². The summed E-state index contributed by atoms with van der Waals surface area (Å²) in [5.74, 6) is -2.00. The van der Waals surface area contributed by atoms with Crippen LogP contribution >= 0.6 is 0 Å². The third-order valence-electron chi connectivity index (χ3n) is 4.24. The molecule has 0 aliphatic carbocycles. The van der Waals surface area contributed by atoms with Crippen molar-refractivity contribution in [1.29, 1.82) is 0 Å². The number of likely N-dealkylation sites (tertiary alicyclic amines) is 1. The van der Waals surface area contributed by atoms with Crippen LogP contribution in [0.3, 0.4) is 0 Å². The zero-order valence-electron chi connectivity index (χ0n) is 15.2. The average Bonchev–Trinajstić information content (AvgIpc) is 3.38. The lowest BCUT2D eigenvalue weighted by molar-refractivity contribution is -0.151. The van der Waals surface area contributed by atoms with Crippen molar-refractivity contribution in [1.82, 2.24) is 4.90 Å². The molecule has 1 aliphatic rings. The van der Waals surface area contributed by atoms with Gasteiger partial charge >= 0.3 is 12.6 Å². The maximum atomic E-state index is 12.4. The minimum absolute atomic E-state index is 0.0179. The Bertz CT molecular complexity index is 871. The molecule has 10 heteroatoms. The standard InChI is InChI=1S/C19H18F2N2O6/c20-19(21)29-14-7-2-1-5-12(14)22-16(24)11-28-18(26)13-6-3-9-23(13)17(25)15-8-4-10-27-15/h1-2,4-5,7-8,10,13,19H,3,6,9,11H2,(H,22,24). The third-order valence-corrected chi connectivity index (χ3v) is 4.24. The highest BCUT2D eigenvalue weighted by molar-refractivity contribution is 5.96. The van der Waals surface area contributed by atoms with Crippen LogP contribution in [0.4, 0.5) is 14.5 Å². The van der Waals surface area contributed by atoms with Crippen LogP contribution in [0.2, 0.25) is 0 Å². The lowest BCUT2D eigenvalue weighted by Gasteiger charge is -2.22. The first-order chi connectivity index (χ1) is 14.0. The van der Waals surface area contributed by atoms with Gasteiger partial charge in [-0.3, -0.25) is 9.59 Å². The number of alkyl halides is 2. The third kappa shape index (κ3) is 5.09. The zero-order valence-corrected chi connectivity index (χ0v) is 15.2. The SMILES string of the molecule is O=C(COC(=O)C1CCCN1C(=O)c1ccco1)Nc1ccccc1OC(F)F. The summed E-state index contributed by atoms with van der Waals surface area (Å²) in [6, 6.07) is 7.87. The summed E-state index contributed by atoms with van der Waals surface area (Å²) in [4.78, 5) is 38.1. The van der Waals surface area contributed by atoms with Crippen LogP contribution < -0.4 is 10.1 Å². The summed E-state index contributed by atoms with van der Waals surface area (Å²) in [5.41, 5.74) is 0.0179. The van der Waals surface area contributed by atoms with Gasteiger partial charge in [-0.25, -0.2) is 4.79 Å². The van der Waals surface area contributed by atoms with Crippen molar-refractivity contribution in [3.05, 3.63) is 48.4 Å². The van der Waals surface area contributed by atoms with Gasteiger partial charge in [-0.05, 0) is 37.1 Å². The van der Waals surface area contributed by atoms with E-state index in [1.165, 1.54) is 41.5 Å². The molecule has 3 rings (SSSR count). The van der Waals surface area contributed by atoms with Crippen LogP contribution in [0.1, 0.15) is 23.4 Å². The van der Waals surface area contributed by atoms with Crippen LogP contribution in [0, 0.1) is 0 Å². The molecule has 1 aromatic carbocycles. The van der Waals surface area contributed by atoms with E-state index in [2.05, 4.69) is 10.1 Å². The first kappa shape index (κ1) is 20.3. The fraction of sp³-hybridized carbons (Fsp3) is 0.316. The van der Waals surface area contributed by atoms with E-state index in [0.717, 1.165) is 0 Å². The molecule has 1 N–H and O–H groups in total. The second-order valence-electron chi connectivity index (χ2n) is 6.16. The Morgan fingerprint density at radius 3 is 2.72 bits per heavy atom. The van der Waals surface area contributed by atoms with Crippen LogP contribution in [0.5, 0.6) is 5.75 Å². The number of nitrogens with one attached hydrogen (secondary N) is 1.